The van der Waals surface area contributed by atoms with Crippen molar-refractivity contribution in [3.05, 3.63) is 35.9 Å². The van der Waals surface area contributed by atoms with Gasteiger partial charge in [-0.15, -0.1) is 6.42 Å². The first kappa shape index (κ1) is 12.8. The maximum absolute atomic E-state index is 11.5. The SMILES string of the molecule is C#CCNC(=O)C/C(=N\OC)c1ccccc1. The van der Waals surface area contributed by atoms with E-state index < -0.39 is 0 Å². The summed E-state index contributed by atoms with van der Waals surface area (Å²) in [6.07, 6.45) is 5.20. The summed E-state index contributed by atoms with van der Waals surface area (Å²) in [5.74, 6) is 2.16. The second-order valence-electron chi connectivity index (χ2n) is 3.24. The van der Waals surface area contributed by atoms with Crippen LogP contribution in [0.15, 0.2) is 35.5 Å². The molecule has 0 saturated heterocycles. The van der Waals surface area contributed by atoms with Crippen LogP contribution in [0.2, 0.25) is 0 Å². The Labute approximate surface area is 101 Å². The van der Waals surface area contributed by atoms with Crippen molar-refractivity contribution in [1.82, 2.24) is 5.32 Å². The Morgan fingerprint density at radius 2 is 2.18 bits per heavy atom. The topological polar surface area (TPSA) is 50.7 Å². The lowest BCUT2D eigenvalue weighted by molar-refractivity contribution is -0.119. The lowest BCUT2D eigenvalue weighted by atomic mass is 10.1. The summed E-state index contributed by atoms with van der Waals surface area (Å²) in [5, 5.41) is 6.43. The highest BCUT2D eigenvalue weighted by Crippen LogP contribution is 2.05. The van der Waals surface area contributed by atoms with E-state index in [1.807, 2.05) is 30.3 Å². The Morgan fingerprint density at radius 1 is 1.47 bits per heavy atom. The number of amides is 1. The zero-order valence-corrected chi connectivity index (χ0v) is 9.64. The summed E-state index contributed by atoms with van der Waals surface area (Å²) >= 11 is 0. The normalized spacial score (nSPS) is 10.5. The molecule has 0 bridgehead atoms. The zero-order chi connectivity index (χ0) is 12.5. The van der Waals surface area contributed by atoms with Gasteiger partial charge in [-0.25, -0.2) is 0 Å². The second-order valence-corrected chi connectivity index (χ2v) is 3.24. The van der Waals surface area contributed by atoms with E-state index in [0.29, 0.717) is 5.71 Å². The summed E-state index contributed by atoms with van der Waals surface area (Å²) in [4.78, 5) is 16.2. The fraction of sp³-hybridized carbons (Fsp3) is 0.231. The first-order valence-corrected chi connectivity index (χ1v) is 5.13. The molecule has 0 aliphatic carbocycles. The average molecular weight is 230 g/mol. The van der Waals surface area contributed by atoms with Crippen LogP contribution in [0, 0.1) is 12.3 Å². The number of rotatable bonds is 5. The predicted molar refractivity (Wildman–Crippen MR) is 66.4 cm³/mol. The van der Waals surface area contributed by atoms with Crippen molar-refractivity contribution in [1.29, 1.82) is 0 Å². The molecule has 0 fully saturated rings. The Kier molecular flexibility index (Phi) is 5.32. The number of carbonyl (C=O) groups is 1. The second kappa shape index (κ2) is 7.07. The van der Waals surface area contributed by atoms with Crippen LogP contribution in [-0.4, -0.2) is 25.3 Å². The van der Waals surface area contributed by atoms with Gasteiger partial charge in [0, 0.05) is 0 Å². The van der Waals surface area contributed by atoms with Gasteiger partial charge < -0.3 is 10.2 Å². The maximum atomic E-state index is 11.5. The van der Waals surface area contributed by atoms with Crippen molar-refractivity contribution in [3.63, 3.8) is 0 Å². The van der Waals surface area contributed by atoms with Crippen molar-refractivity contribution in [2.24, 2.45) is 5.16 Å². The largest absolute Gasteiger partial charge is 0.399 e. The van der Waals surface area contributed by atoms with E-state index in [4.69, 9.17) is 11.3 Å². The molecule has 4 heteroatoms. The number of terminal acetylenes is 1. The molecule has 0 aliphatic heterocycles. The molecule has 0 aromatic heterocycles. The molecule has 17 heavy (non-hydrogen) atoms. The molecule has 0 radical (unpaired) electrons. The third kappa shape index (κ3) is 4.39. The van der Waals surface area contributed by atoms with Gasteiger partial charge >= 0.3 is 0 Å². The van der Waals surface area contributed by atoms with E-state index >= 15 is 0 Å². The summed E-state index contributed by atoms with van der Waals surface area (Å²) in [7, 11) is 1.45. The molecule has 0 saturated carbocycles. The molecule has 0 unspecified atom stereocenters. The van der Waals surface area contributed by atoms with Crippen LogP contribution in [0.1, 0.15) is 12.0 Å². The van der Waals surface area contributed by atoms with E-state index in [1.54, 1.807) is 0 Å². The number of carbonyl (C=O) groups excluding carboxylic acids is 1. The molecule has 1 amide bonds. The van der Waals surface area contributed by atoms with Crippen LogP contribution in [-0.2, 0) is 9.63 Å². The minimum absolute atomic E-state index is 0.138. The molecule has 1 rings (SSSR count). The number of nitrogens with zero attached hydrogens (tertiary/aromatic N) is 1. The van der Waals surface area contributed by atoms with Gasteiger partial charge in [0.25, 0.3) is 0 Å². The fourth-order valence-electron chi connectivity index (χ4n) is 1.29. The Hall–Kier alpha value is -2.28. The van der Waals surface area contributed by atoms with Crippen molar-refractivity contribution < 1.29 is 9.63 Å². The Balaban J connectivity index is 2.72. The number of oxime groups is 1. The molecule has 88 valence electrons. The standard InChI is InChI=1S/C13H14N2O2/c1-3-9-14-13(16)10-12(15-17-2)11-7-5-4-6-8-11/h1,4-8H,9-10H2,2H3,(H,14,16)/b15-12+. The lowest BCUT2D eigenvalue weighted by Gasteiger charge is -2.05. The average Bonchev–Trinajstić information content (AvgIpc) is 2.37. The molecular weight excluding hydrogens is 216 g/mol. The monoisotopic (exact) mass is 230 g/mol. The molecule has 1 aromatic carbocycles. The summed E-state index contributed by atoms with van der Waals surface area (Å²) in [6, 6.07) is 9.38. The van der Waals surface area contributed by atoms with Crippen LogP contribution in [0.3, 0.4) is 0 Å². The van der Waals surface area contributed by atoms with Gasteiger partial charge in [-0.05, 0) is 5.56 Å². The maximum Gasteiger partial charge on any atom is 0.226 e. The minimum atomic E-state index is -0.178. The van der Waals surface area contributed by atoms with Gasteiger partial charge in [0.15, 0.2) is 0 Å². The molecule has 1 N–H and O–H groups in total. The highest BCUT2D eigenvalue weighted by molar-refractivity contribution is 6.10. The first-order valence-electron chi connectivity index (χ1n) is 5.13. The third-order valence-electron chi connectivity index (χ3n) is 2.02. The van der Waals surface area contributed by atoms with Crippen LogP contribution in [0.25, 0.3) is 0 Å². The summed E-state index contributed by atoms with van der Waals surface area (Å²) < 4.78 is 0. The van der Waals surface area contributed by atoms with Gasteiger partial charge in [0.2, 0.25) is 5.91 Å². The molecule has 0 aliphatic rings. The number of nitrogens with one attached hydrogen (secondary N) is 1. The van der Waals surface area contributed by atoms with Gasteiger partial charge in [-0.2, -0.15) is 0 Å². The zero-order valence-electron chi connectivity index (χ0n) is 9.64. The molecule has 0 heterocycles. The van der Waals surface area contributed by atoms with Gasteiger partial charge in [-0.3, -0.25) is 4.79 Å². The third-order valence-corrected chi connectivity index (χ3v) is 2.02. The molecule has 4 nitrogen and oxygen atoms in total. The highest BCUT2D eigenvalue weighted by Gasteiger charge is 2.09. The van der Waals surface area contributed by atoms with Gasteiger partial charge in [0.05, 0.1) is 18.7 Å². The van der Waals surface area contributed by atoms with E-state index in [9.17, 15) is 4.79 Å². The lowest BCUT2D eigenvalue weighted by Crippen LogP contribution is -2.26. The van der Waals surface area contributed by atoms with Crippen molar-refractivity contribution >= 4 is 11.6 Å². The van der Waals surface area contributed by atoms with Gasteiger partial charge in [0.1, 0.15) is 7.11 Å². The fourth-order valence-corrected chi connectivity index (χ4v) is 1.29. The smallest absolute Gasteiger partial charge is 0.226 e. The quantitative estimate of drug-likeness (QED) is 0.469. The van der Waals surface area contributed by atoms with E-state index in [2.05, 4.69) is 16.4 Å². The minimum Gasteiger partial charge on any atom is -0.399 e. The van der Waals surface area contributed by atoms with E-state index in [1.165, 1.54) is 7.11 Å². The molecule has 1 aromatic rings. The van der Waals surface area contributed by atoms with Gasteiger partial charge in [-0.1, -0.05) is 41.4 Å². The van der Waals surface area contributed by atoms with Crippen molar-refractivity contribution in [2.75, 3.05) is 13.7 Å². The Bertz CT molecular complexity index is 432. The number of benzene rings is 1. The predicted octanol–water partition coefficient (Wildman–Crippen LogP) is 1.18. The van der Waals surface area contributed by atoms with Crippen molar-refractivity contribution in [2.45, 2.75) is 6.42 Å². The number of hydrogen-bond donors (Lipinski definition) is 1. The first-order chi connectivity index (χ1) is 8.27. The summed E-state index contributed by atoms with van der Waals surface area (Å²) in [6.45, 7) is 0.216. The van der Waals surface area contributed by atoms with Crippen LogP contribution in [0.5, 0.6) is 0 Å². The molecule has 0 atom stereocenters. The van der Waals surface area contributed by atoms with E-state index in [0.717, 1.165) is 5.56 Å². The van der Waals surface area contributed by atoms with Crippen LogP contribution >= 0.6 is 0 Å². The Morgan fingerprint density at radius 3 is 2.76 bits per heavy atom. The molecule has 0 spiro atoms. The van der Waals surface area contributed by atoms with E-state index in [-0.39, 0.29) is 18.9 Å². The summed E-state index contributed by atoms with van der Waals surface area (Å²) in [5.41, 5.74) is 1.42. The molecular formula is C13H14N2O2. The van der Waals surface area contributed by atoms with Crippen molar-refractivity contribution in [3.8, 4) is 12.3 Å². The highest BCUT2D eigenvalue weighted by atomic mass is 16.6. The number of hydrogen-bond acceptors (Lipinski definition) is 3. The van der Waals surface area contributed by atoms with Crippen LogP contribution < -0.4 is 5.32 Å². The van der Waals surface area contributed by atoms with Crippen LogP contribution in [0.4, 0.5) is 0 Å².